The lowest BCUT2D eigenvalue weighted by Gasteiger charge is -2.29. The Bertz CT molecular complexity index is 1150. The minimum Gasteiger partial charge on any atom is -0.496 e. The van der Waals surface area contributed by atoms with Gasteiger partial charge in [-0.05, 0) is 36.4 Å². The Morgan fingerprint density at radius 1 is 1.03 bits per heavy atom. The highest BCUT2D eigenvalue weighted by Gasteiger charge is 2.16. The van der Waals surface area contributed by atoms with Crippen LogP contribution in [0.15, 0.2) is 60.8 Å². The van der Waals surface area contributed by atoms with Crippen LogP contribution >= 0.6 is 0 Å². The molecule has 3 heterocycles. The standard InChI is InChI=1S/C23H21N4O2/c1-28-21-10-3-2-8-19(21)20-9-5-11-27-23(20)24-22(25-27)17-6-4-7-18(16-17)26-12-14-29-15-13-26/h2-5,7-11,16H,12-15H2,1H3. The Balaban J connectivity index is 1.58. The van der Waals surface area contributed by atoms with Gasteiger partial charge in [0.1, 0.15) is 5.75 Å². The van der Waals surface area contributed by atoms with E-state index in [1.165, 1.54) is 0 Å². The summed E-state index contributed by atoms with van der Waals surface area (Å²) in [6, 6.07) is 21.4. The maximum atomic E-state index is 5.54. The van der Waals surface area contributed by atoms with Crippen molar-refractivity contribution < 1.29 is 9.47 Å². The predicted octanol–water partition coefficient (Wildman–Crippen LogP) is 3.71. The maximum absolute atomic E-state index is 5.54. The van der Waals surface area contributed by atoms with Crippen molar-refractivity contribution in [3.05, 3.63) is 66.9 Å². The molecule has 0 unspecified atom stereocenters. The van der Waals surface area contributed by atoms with Crippen molar-refractivity contribution in [2.45, 2.75) is 0 Å². The van der Waals surface area contributed by atoms with Gasteiger partial charge in [0.2, 0.25) is 0 Å². The second-order valence-corrected chi connectivity index (χ2v) is 6.89. The number of ether oxygens (including phenoxy) is 2. The third-order valence-electron chi connectivity index (χ3n) is 5.16. The Hall–Kier alpha value is -3.38. The van der Waals surface area contributed by atoms with Crippen LogP contribution in [0.2, 0.25) is 0 Å². The van der Waals surface area contributed by atoms with Crippen LogP contribution in [0.25, 0.3) is 28.2 Å². The van der Waals surface area contributed by atoms with Gasteiger partial charge in [-0.15, -0.1) is 5.10 Å². The van der Waals surface area contributed by atoms with E-state index in [-0.39, 0.29) is 0 Å². The van der Waals surface area contributed by atoms with Crippen LogP contribution in [0.5, 0.6) is 5.75 Å². The number of benzene rings is 2. The molecule has 1 aliphatic rings. The van der Waals surface area contributed by atoms with Crippen molar-refractivity contribution in [1.82, 2.24) is 14.6 Å². The van der Waals surface area contributed by atoms with E-state index in [0.29, 0.717) is 5.82 Å². The summed E-state index contributed by atoms with van der Waals surface area (Å²) in [7, 11) is 1.68. The largest absolute Gasteiger partial charge is 0.496 e. The third-order valence-corrected chi connectivity index (χ3v) is 5.16. The van der Waals surface area contributed by atoms with E-state index < -0.39 is 0 Å². The zero-order valence-corrected chi connectivity index (χ0v) is 16.2. The van der Waals surface area contributed by atoms with Crippen LogP contribution in [0.1, 0.15) is 0 Å². The first-order valence-corrected chi connectivity index (χ1v) is 9.67. The minimum absolute atomic E-state index is 0.655. The number of pyridine rings is 1. The fourth-order valence-electron chi connectivity index (χ4n) is 3.70. The molecule has 1 saturated heterocycles. The number of fused-ring (bicyclic) bond motifs is 1. The van der Waals surface area contributed by atoms with Gasteiger partial charge in [0.05, 0.1) is 20.3 Å². The van der Waals surface area contributed by atoms with Crippen molar-refractivity contribution >= 4 is 11.3 Å². The van der Waals surface area contributed by atoms with E-state index in [2.05, 4.69) is 23.1 Å². The molecule has 4 aromatic rings. The van der Waals surface area contributed by atoms with E-state index >= 15 is 0 Å². The van der Waals surface area contributed by atoms with Crippen LogP contribution < -0.4 is 9.64 Å². The van der Waals surface area contributed by atoms with Crippen molar-refractivity contribution in [1.29, 1.82) is 0 Å². The smallest absolute Gasteiger partial charge is 0.182 e. The van der Waals surface area contributed by atoms with E-state index in [1.807, 2.05) is 53.2 Å². The first-order chi connectivity index (χ1) is 14.3. The number of nitrogens with zero attached hydrogens (tertiary/aromatic N) is 4. The number of anilines is 1. The first-order valence-electron chi connectivity index (χ1n) is 9.67. The quantitative estimate of drug-likeness (QED) is 0.536. The van der Waals surface area contributed by atoms with E-state index in [9.17, 15) is 0 Å². The normalized spacial score (nSPS) is 14.3. The molecule has 0 atom stereocenters. The summed E-state index contributed by atoms with van der Waals surface area (Å²) in [4.78, 5) is 7.16. The van der Waals surface area contributed by atoms with E-state index in [0.717, 1.165) is 60.1 Å². The Labute approximate surface area is 169 Å². The fraction of sp³-hybridized carbons (Fsp3) is 0.217. The Morgan fingerprint density at radius 2 is 1.86 bits per heavy atom. The van der Waals surface area contributed by atoms with E-state index in [4.69, 9.17) is 19.6 Å². The molecule has 2 aromatic heterocycles. The van der Waals surface area contributed by atoms with Crippen LogP contribution in [0.3, 0.4) is 0 Å². The highest BCUT2D eigenvalue weighted by atomic mass is 16.5. The molecule has 1 aliphatic heterocycles. The summed E-state index contributed by atoms with van der Waals surface area (Å²) >= 11 is 0. The van der Waals surface area contributed by atoms with Gasteiger partial charge in [-0.25, -0.2) is 9.50 Å². The maximum Gasteiger partial charge on any atom is 0.182 e. The minimum atomic E-state index is 0.655. The fourth-order valence-corrected chi connectivity index (χ4v) is 3.70. The summed E-state index contributed by atoms with van der Waals surface area (Å²) in [6.07, 6.45) is 1.91. The summed E-state index contributed by atoms with van der Waals surface area (Å²) in [5.74, 6) is 1.47. The van der Waals surface area contributed by atoms with Crippen molar-refractivity contribution in [3.8, 4) is 28.3 Å². The molecule has 1 fully saturated rings. The number of para-hydroxylation sites is 1. The molecular weight excluding hydrogens is 364 g/mol. The van der Waals surface area contributed by atoms with E-state index in [1.54, 1.807) is 7.11 Å². The molecule has 6 nitrogen and oxygen atoms in total. The molecule has 0 bridgehead atoms. The number of rotatable bonds is 4. The van der Waals surface area contributed by atoms with Gasteiger partial charge in [0, 0.05) is 41.7 Å². The number of morpholine rings is 1. The zero-order chi connectivity index (χ0) is 19.6. The topological polar surface area (TPSA) is 51.9 Å². The third kappa shape index (κ3) is 3.32. The van der Waals surface area contributed by atoms with Gasteiger partial charge in [-0.2, -0.15) is 0 Å². The van der Waals surface area contributed by atoms with Crippen LogP contribution in [-0.2, 0) is 4.74 Å². The van der Waals surface area contributed by atoms with Gasteiger partial charge in [-0.1, -0.05) is 24.3 Å². The second-order valence-electron chi connectivity index (χ2n) is 6.89. The Morgan fingerprint density at radius 3 is 2.72 bits per heavy atom. The lowest BCUT2D eigenvalue weighted by Crippen LogP contribution is -2.36. The molecule has 0 N–H and O–H groups in total. The average Bonchev–Trinajstić information content (AvgIpc) is 3.24. The molecule has 1 radical (unpaired) electrons. The summed E-state index contributed by atoms with van der Waals surface area (Å²) in [5.41, 5.74) is 4.78. The zero-order valence-electron chi connectivity index (χ0n) is 16.2. The molecule has 5 rings (SSSR count). The summed E-state index contributed by atoms with van der Waals surface area (Å²) in [5, 5.41) is 4.70. The van der Waals surface area contributed by atoms with Crippen molar-refractivity contribution in [3.63, 3.8) is 0 Å². The summed E-state index contributed by atoms with van der Waals surface area (Å²) < 4.78 is 12.8. The second kappa shape index (κ2) is 7.56. The number of hydrogen-bond acceptors (Lipinski definition) is 5. The van der Waals surface area contributed by atoms with Gasteiger partial charge >= 0.3 is 0 Å². The van der Waals surface area contributed by atoms with Crippen LogP contribution in [-0.4, -0.2) is 48.0 Å². The molecule has 0 aliphatic carbocycles. The Kier molecular flexibility index (Phi) is 4.62. The van der Waals surface area contributed by atoms with Crippen LogP contribution in [0, 0.1) is 6.07 Å². The molecule has 6 heteroatoms. The SMILES string of the molecule is COc1ccccc1-c1cccn2nc(-c3[c]ccc(N4CCOCC4)c3)nc12. The molecule has 0 amide bonds. The molecule has 145 valence electrons. The monoisotopic (exact) mass is 385 g/mol. The molecular formula is C23H21N4O2. The highest BCUT2D eigenvalue weighted by Crippen LogP contribution is 2.33. The van der Waals surface area contributed by atoms with Crippen molar-refractivity contribution in [2.24, 2.45) is 0 Å². The van der Waals surface area contributed by atoms with Gasteiger partial charge in [0.25, 0.3) is 0 Å². The van der Waals surface area contributed by atoms with Crippen LogP contribution in [0.4, 0.5) is 5.69 Å². The lowest BCUT2D eigenvalue weighted by atomic mass is 10.1. The van der Waals surface area contributed by atoms with Gasteiger partial charge < -0.3 is 14.4 Å². The molecule has 0 spiro atoms. The first kappa shape index (κ1) is 17.7. The average molecular weight is 385 g/mol. The van der Waals surface area contributed by atoms with Gasteiger partial charge in [-0.3, -0.25) is 0 Å². The molecule has 2 aromatic carbocycles. The molecule has 0 saturated carbocycles. The molecule has 29 heavy (non-hydrogen) atoms. The number of aromatic nitrogens is 3. The van der Waals surface area contributed by atoms with Crippen molar-refractivity contribution in [2.75, 3.05) is 38.3 Å². The number of hydrogen-bond donors (Lipinski definition) is 0. The van der Waals surface area contributed by atoms with Gasteiger partial charge in [0.15, 0.2) is 11.5 Å². The predicted molar refractivity (Wildman–Crippen MR) is 112 cm³/mol. The highest BCUT2D eigenvalue weighted by molar-refractivity contribution is 5.82. The lowest BCUT2D eigenvalue weighted by molar-refractivity contribution is 0.122. The summed E-state index contributed by atoms with van der Waals surface area (Å²) in [6.45, 7) is 3.28. The number of methoxy groups -OCH3 is 1.